The number of carbonyl (C=O) groups is 2. The fraction of sp³-hybridized carbons (Fsp3) is 0.333. The van der Waals surface area contributed by atoms with Crippen molar-refractivity contribution in [2.45, 2.75) is 12.6 Å². The molecule has 0 spiro atoms. The average Bonchev–Trinajstić information content (AvgIpc) is 2.82. The van der Waals surface area contributed by atoms with Crippen molar-refractivity contribution in [1.29, 1.82) is 0 Å². The van der Waals surface area contributed by atoms with Crippen molar-refractivity contribution in [3.05, 3.63) is 23.8 Å². The van der Waals surface area contributed by atoms with Crippen LogP contribution in [0.5, 0.6) is 5.75 Å². The molecule has 0 saturated carbocycles. The molecule has 1 N–H and O–H groups in total. The maximum atomic E-state index is 11.8. The zero-order chi connectivity index (χ0) is 14.8. The van der Waals surface area contributed by atoms with E-state index in [1.807, 2.05) is 0 Å². The summed E-state index contributed by atoms with van der Waals surface area (Å²) in [5.74, 6) is -3.30. The van der Waals surface area contributed by atoms with Crippen molar-refractivity contribution in [3.63, 3.8) is 0 Å². The van der Waals surface area contributed by atoms with Crippen LogP contribution in [0.4, 0.5) is 18.9 Å². The molecule has 1 aromatic carbocycles. The molecule has 0 aliphatic carbocycles. The van der Waals surface area contributed by atoms with Gasteiger partial charge in [-0.1, -0.05) is 0 Å². The Morgan fingerprint density at radius 3 is 2.75 bits per heavy atom. The Balaban J connectivity index is 1.87. The third-order valence-electron chi connectivity index (χ3n) is 2.57. The van der Waals surface area contributed by atoms with Crippen LogP contribution < -0.4 is 10.1 Å². The number of ether oxygens (including phenoxy) is 2. The summed E-state index contributed by atoms with van der Waals surface area (Å²) in [4.78, 5) is 21.7. The highest BCUT2D eigenvalue weighted by Crippen LogP contribution is 2.26. The first-order valence-electron chi connectivity index (χ1n) is 5.67. The fourth-order valence-corrected chi connectivity index (χ4v) is 1.71. The van der Waals surface area contributed by atoms with E-state index in [9.17, 15) is 22.8 Å². The Bertz CT molecular complexity index is 542. The SMILES string of the molecule is O=C(COC(=O)C(F)(F)F)Oc1ccc2c(c1)CCN2. The highest BCUT2D eigenvalue weighted by Gasteiger charge is 2.41. The molecule has 1 heterocycles. The number of halogens is 3. The number of benzene rings is 1. The number of hydrogen-bond acceptors (Lipinski definition) is 5. The van der Waals surface area contributed by atoms with Gasteiger partial charge in [-0.25, -0.2) is 9.59 Å². The molecule has 0 radical (unpaired) electrons. The second kappa shape index (κ2) is 5.40. The van der Waals surface area contributed by atoms with E-state index in [1.165, 1.54) is 6.07 Å². The highest BCUT2D eigenvalue weighted by atomic mass is 19.4. The van der Waals surface area contributed by atoms with E-state index in [0.717, 1.165) is 24.2 Å². The minimum atomic E-state index is -5.13. The molecule has 0 amide bonds. The number of hydrogen-bond donors (Lipinski definition) is 1. The summed E-state index contributed by atoms with van der Waals surface area (Å²) in [6.45, 7) is -0.316. The van der Waals surface area contributed by atoms with E-state index in [0.29, 0.717) is 0 Å². The Morgan fingerprint density at radius 2 is 2.05 bits per heavy atom. The number of rotatable bonds is 3. The largest absolute Gasteiger partial charge is 0.490 e. The van der Waals surface area contributed by atoms with Gasteiger partial charge in [0.25, 0.3) is 0 Å². The second-order valence-corrected chi connectivity index (χ2v) is 4.04. The van der Waals surface area contributed by atoms with E-state index >= 15 is 0 Å². The van der Waals surface area contributed by atoms with Crippen LogP contribution in [-0.4, -0.2) is 31.3 Å². The lowest BCUT2D eigenvalue weighted by molar-refractivity contribution is -0.200. The lowest BCUT2D eigenvalue weighted by Gasteiger charge is -2.08. The van der Waals surface area contributed by atoms with Gasteiger partial charge in [0.1, 0.15) is 5.75 Å². The third-order valence-corrected chi connectivity index (χ3v) is 2.57. The van der Waals surface area contributed by atoms with Crippen LogP contribution >= 0.6 is 0 Å². The summed E-state index contributed by atoms with van der Waals surface area (Å²) in [5, 5.41) is 3.10. The first-order valence-corrected chi connectivity index (χ1v) is 5.67. The maximum absolute atomic E-state index is 11.8. The van der Waals surface area contributed by atoms with Gasteiger partial charge in [0, 0.05) is 12.2 Å². The molecule has 0 saturated heterocycles. The predicted octanol–water partition coefficient (Wildman–Crippen LogP) is 1.67. The van der Waals surface area contributed by atoms with Gasteiger partial charge in [0.05, 0.1) is 0 Å². The number of esters is 2. The zero-order valence-electron chi connectivity index (χ0n) is 10.1. The van der Waals surface area contributed by atoms with Crippen LogP contribution in [-0.2, 0) is 20.7 Å². The predicted molar refractivity (Wildman–Crippen MR) is 61.3 cm³/mol. The molecule has 8 heteroatoms. The van der Waals surface area contributed by atoms with E-state index in [-0.39, 0.29) is 5.75 Å². The molecule has 0 unspecified atom stereocenters. The molecule has 1 aromatic rings. The monoisotopic (exact) mass is 289 g/mol. The fourth-order valence-electron chi connectivity index (χ4n) is 1.71. The zero-order valence-corrected chi connectivity index (χ0v) is 10.1. The topological polar surface area (TPSA) is 64.6 Å². The van der Waals surface area contributed by atoms with Gasteiger partial charge >= 0.3 is 18.1 Å². The molecule has 0 bridgehead atoms. The number of fused-ring (bicyclic) bond motifs is 1. The van der Waals surface area contributed by atoms with E-state index in [2.05, 4.69) is 10.1 Å². The van der Waals surface area contributed by atoms with Crippen molar-refractivity contribution in [2.75, 3.05) is 18.5 Å². The number of carbonyl (C=O) groups excluding carboxylic acids is 2. The van der Waals surface area contributed by atoms with Crippen LogP contribution in [0.1, 0.15) is 5.56 Å². The van der Waals surface area contributed by atoms with E-state index in [1.54, 1.807) is 12.1 Å². The lowest BCUT2D eigenvalue weighted by Crippen LogP contribution is -2.28. The summed E-state index contributed by atoms with van der Waals surface area (Å²) in [7, 11) is 0. The molecule has 2 rings (SSSR count). The van der Waals surface area contributed by atoms with Crippen LogP contribution in [0.3, 0.4) is 0 Å². The molecule has 5 nitrogen and oxygen atoms in total. The van der Waals surface area contributed by atoms with Crippen molar-refractivity contribution >= 4 is 17.6 Å². The Hall–Kier alpha value is -2.25. The van der Waals surface area contributed by atoms with Crippen molar-refractivity contribution in [3.8, 4) is 5.75 Å². The molecule has 0 fully saturated rings. The molecule has 0 aromatic heterocycles. The Labute approximate surface area is 111 Å². The smallest absolute Gasteiger partial charge is 0.447 e. The third kappa shape index (κ3) is 3.40. The normalized spacial score (nSPS) is 13.3. The first-order chi connectivity index (χ1) is 9.36. The van der Waals surface area contributed by atoms with Crippen molar-refractivity contribution in [1.82, 2.24) is 0 Å². The van der Waals surface area contributed by atoms with E-state index in [4.69, 9.17) is 4.74 Å². The first kappa shape index (κ1) is 14.2. The van der Waals surface area contributed by atoms with Crippen molar-refractivity contribution in [2.24, 2.45) is 0 Å². The molecule has 0 atom stereocenters. The number of nitrogens with one attached hydrogen (secondary N) is 1. The molecule has 108 valence electrons. The molecule has 1 aliphatic heterocycles. The Morgan fingerprint density at radius 1 is 1.30 bits per heavy atom. The highest BCUT2D eigenvalue weighted by molar-refractivity contribution is 5.80. The minimum Gasteiger partial charge on any atom is -0.447 e. The maximum Gasteiger partial charge on any atom is 0.490 e. The van der Waals surface area contributed by atoms with Gasteiger partial charge in [-0.3, -0.25) is 0 Å². The summed E-state index contributed by atoms with van der Waals surface area (Å²) in [5.41, 5.74) is 1.87. The van der Waals surface area contributed by atoms with Gasteiger partial charge in [0.15, 0.2) is 6.61 Å². The Kier molecular flexibility index (Phi) is 3.82. The summed E-state index contributed by atoms with van der Waals surface area (Å²) < 4.78 is 44.1. The van der Waals surface area contributed by atoms with Crippen LogP contribution in [0.25, 0.3) is 0 Å². The molecule has 20 heavy (non-hydrogen) atoms. The molecule has 1 aliphatic rings. The lowest BCUT2D eigenvalue weighted by atomic mass is 10.1. The molecular formula is C12H10F3NO4. The average molecular weight is 289 g/mol. The van der Waals surface area contributed by atoms with Crippen LogP contribution in [0.15, 0.2) is 18.2 Å². The molecular weight excluding hydrogens is 279 g/mol. The standard InChI is InChI=1S/C12H10F3NO4/c13-12(14,15)11(18)19-6-10(17)20-8-1-2-9-7(5-8)3-4-16-9/h1-2,5,16H,3-4,6H2. The summed E-state index contributed by atoms with van der Waals surface area (Å²) in [6, 6.07) is 4.81. The quantitative estimate of drug-likeness (QED) is 0.677. The van der Waals surface area contributed by atoms with Gasteiger partial charge in [-0.2, -0.15) is 13.2 Å². The number of alkyl halides is 3. The minimum absolute atomic E-state index is 0.195. The van der Waals surface area contributed by atoms with Crippen molar-refractivity contribution < 1.29 is 32.2 Å². The van der Waals surface area contributed by atoms with Gasteiger partial charge in [0.2, 0.25) is 0 Å². The summed E-state index contributed by atoms with van der Waals surface area (Å²) >= 11 is 0. The van der Waals surface area contributed by atoms with Gasteiger partial charge < -0.3 is 14.8 Å². The van der Waals surface area contributed by atoms with Crippen LogP contribution in [0, 0.1) is 0 Å². The van der Waals surface area contributed by atoms with Gasteiger partial charge in [-0.05, 0) is 30.2 Å². The second-order valence-electron chi connectivity index (χ2n) is 4.04. The summed E-state index contributed by atoms with van der Waals surface area (Å²) in [6.07, 6.45) is -4.36. The number of anilines is 1. The van der Waals surface area contributed by atoms with Crippen LogP contribution in [0.2, 0.25) is 0 Å². The van der Waals surface area contributed by atoms with E-state index < -0.39 is 24.7 Å². The van der Waals surface area contributed by atoms with Gasteiger partial charge in [-0.15, -0.1) is 0 Å².